The van der Waals surface area contributed by atoms with E-state index in [1.807, 2.05) is 24.5 Å². The third-order valence-corrected chi connectivity index (χ3v) is 4.94. The summed E-state index contributed by atoms with van der Waals surface area (Å²) < 4.78 is 5.68. The van der Waals surface area contributed by atoms with Crippen LogP contribution in [0.1, 0.15) is 36.9 Å². The van der Waals surface area contributed by atoms with E-state index in [1.165, 1.54) is 5.56 Å². The summed E-state index contributed by atoms with van der Waals surface area (Å²) >= 11 is 0. The molecular formula is C19H25N3O. The molecule has 1 fully saturated rings. The first-order valence-electron chi connectivity index (χ1n) is 8.53. The monoisotopic (exact) mass is 311 g/mol. The number of nitriles is 1. The molecule has 1 aromatic carbocycles. The highest BCUT2D eigenvalue weighted by atomic mass is 16.5. The maximum absolute atomic E-state index is 9.06. The van der Waals surface area contributed by atoms with Gasteiger partial charge in [0.05, 0.1) is 17.9 Å². The second-order valence-electron chi connectivity index (χ2n) is 6.46. The SMILES string of the molecule is CC(c1cccc(C#N)c1)N1CCN(CC2CCC=CO2)CC1. The predicted molar refractivity (Wildman–Crippen MR) is 90.8 cm³/mol. The van der Waals surface area contributed by atoms with Gasteiger partial charge >= 0.3 is 0 Å². The first-order chi connectivity index (χ1) is 11.3. The minimum atomic E-state index is 0.358. The quantitative estimate of drug-likeness (QED) is 0.857. The van der Waals surface area contributed by atoms with Crippen LogP contribution in [0.25, 0.3) is 0 Å². The fourth-order valence-electron chi connectivity index (χ4n) is 3.42. The van der Waals surface area contributed by atoms with Gasteiger partial charge < -0.3 is 4.74 Å². The molecule has 2 atom stereocenters. The standard InChI is InChI=1S/C19H25N3O/c1-16(18-6-4-5-17(13-18)14-20)22-10-8-21(9-11-22)15-19-7-2-3-12-23-19/h3-6,12-13,16,19H,2,7-11,15H2,1H3. The molecule has 3 rings (SSSR count). The molecule has 0 aromatic heterocycles. The first-order valence-corrected chi connectivity index (χ1v) is 8.53. The lowest BCUT2D eigenvalue weighted by molar-refractivity contribution is 0.0436. The summed E-state index contributed by atoms with van der Waals surface area (Å²) in [5, 5.41) is 9.06. The zero-order valence-corrected chi connectivity index (χ0v) is 13.8. The molecule has 0 saturated carbocycles. The molecule has 0 N–H and O–H groups in total. The van der Waals surface area contributed by atoms with Crippen molar-refractivity contribution in [1.82, 2.24) is 9.80 Å². The summed E-state index contributed by atoms with van der Waals surface area (Å²) in [5.41, 5.74) is 1.98. The third kappa shape index (κ3) is 4.13. The van der Waals surface area contributed by atoms with Crippen LogP contribution < -0.4 is 0 Å². The average Bonchev–Trinajstić information content (AvgIpc) is 2.63. The van der Waals surface area contributed by atoms with E-state index >= 15 is 0 Å². The zero-order chi connectivity index (χ0) is 16.1. The Morgan fingerprint density at radius 1 is 1.30 bits per heavy atom. The summed E-state index contributed by atoms with van der Waals surface area (Å²) in [4.78, 5) is 5.02. The van der Waals surface area contributed by atoms with Gasteiger partial charge in [-0.1, -0.05) is 12.1 Å². The highest BCUT2D eigenvalue weighted by Gasteiger charge is 2.24. The molecule has 0 spiro atoms. The van der Waals surface area contributed by atoms with Crippen LogP contribution in [0.15, 0.2) is 36.6 Å². The Morgan fingerprint density at radius 3 is 2.83 bits per heavy atom. The molecule has 2 unspecified atom stereocenters. The number of hydrogen-bond donors (Lipinski definition) is 0. The van der Waals surface area contributed by atoms with Gasteiger partial charge in [-0.25, -0.2) is 0 Å². The maximum atomic E-state index is 9.06. The highest BCUT2D eigenvalue weighted by molar-refractivity contribution is 5.34. The lowest BCUT2D eigenvalue weighted by Gasteiger charge is -2.39. The molecule has 0 aliphatic carbocycles. The van der Waals surface area contributed by atoms with Gasteiger partial charge in [0.25, 0.3) is 0 Å². The summed E-state index contributed by atoms with van der Waals surface area (Å²) in [6.07, 6.45) is 6.58. The summed E-state index contributed by atoms with van der Waals surface area (Å²) in [6, 6.07) is 10.6. The molecule has 4 nitrogen and oxygen atoms in total. The van der Waals surface area contributed by atoms with Gasteiger partial charge in [0.15, 0.2) is 0 Å². The van der Waals surface area contributed by atoms with Crippen molar-refractivity contribution in [2.45, 2.75) is 31.9 Å². The van der Waals surface area contributed by atoms with E-state index in [2.05, 4.69) is 34.9 Å². The van der Waals surface area contributed by atoms with Crippen molar-refractivity contribution in [1.29, 1.82) is 5.26 Å². The number of nitrogens with zero attached hydrogens (tertiary/aromatic N) is 3. The molecule has 1 saturated heterocycles. The van der Waals surface area contributed by atoms with Gasteiger partial charge in [0.1, 0.15) is 6.10 Å². The normalized spacial score (nSPS) is 23.9. The Labute approximate surface area is 139 Å². The fraction of sp³-hybridized carbons (Fsp3) is 0.526. The zero-order valence-electron chi connectivity index (χ0n) is 13.8. The molecule has 122 valence electrons. The Hall–Kier alpha value is -1.83. The summed E-state index contributed by atoms with van der Waals surface area (Å²) in [5.74, 6) is 0. The lowest BCUT2D eigenvalue weighted by atomic mass is 10.0. The van der Waals surface area contributed by atoms with Crippen molar-refractivity contribution in [2.24, 2.45) is 0 Å². The number of allylic oxidation sites excluding steroid dienone is 1. The molecule has 0 amide bonds. The summed E-state index contributed by atoms with van der Waals surface area (Å²) in [6.45, 7) is 7.59. The number of hydrogen-bond acceptors (Lipinski definition) is 4. The topological polar surface area (TPSA) is 39.5 Å². The average molecular weight is 311 g/mol. The van der Waals surface area contributed by atoms with Gasteiger partial charge in [-0.3, -0.25) is 9.80 Å². The number of piperazine rings is 1. The van der Waals surface area contributed by atoms with Crippen LogP contribution in [0.2, 0.25) is 0 Å². The van der Waals surface area contributed by atoms with Crippen molar-refractivity contribution < 1.29 is 4.74 Å². The molecule has 2 aliphatic rings. The molecule has 2 heterocycles. The van der Waals surface area contributed by atoms with E-state index < -0.39 is 0 Å². The number of rotatable bonds is 4. The second-order valence-corrected chi connectivity index (χ2v) is 6.46. The van der Waals surface area contributed by atoms with Gasteiger partial charge in [-0.05, 0) is 43.5 Å². The van der Waals surface area contributed by atoms with Crippen LogP contribution >= 0.6 is 0 Å². The van der Waals surface area contributed by atoms with Crippen LogP contribution in [0.3, 0.4) is 0 Å². The van der Waals surface area contributed by atoms with Crippen LogP contribution in [0.5, 0.6) is 0 Å². The van der Waals surface area contributed by atoms with E-state index in [-0.39, 0.29) is 0 Å². The van der Waals surface area contributed by atoms with Crippen LogP contribution in [0.4, 0.5) is 0 Å². The minimum absolute atomic E-state index is 0.358. The second kappa shape index (κ2) is 7.63. The van der Waals surface area contributed by atoms with Crippen LogP contribution in [0, 0.1) is 11.3 Å². The predicted octanol–water partition coefficient (Wildman–Crippen LogP) is 2.93. The van der Waals surface area contributed by atoms with E-state index in [1.54, 1.807) is 0 Å². The molecule has 4 heteroatoms. The Kier molecular flexibility index (Phi) is 5.32. The van der Waals surface area contributed by atoms with Crippen molar-refractivity contribution >= 4 is 0 Å². The highest BCUT2D eigenvalue weighted by Crippen LogP contribution is 2.23. The minimum Gasteiger partial charge on any atom is -0.497 e. The van der Waals surface area contributed by atoms with Crippen molar-refractivity contribution in [2.75, 3.05) is 32.7 Å². The van der Waals surface area contributed by atoms with Crippen molar-refractivity contribution in [3.05, 3.63) is 47.7 Å². The van der Waals surface area contributed by atoms with Crippen molar-refractivity contribution in [3.63, 3.8) is 0 Å². The molecule has 1 aromatic rings. The molecule has 2 aliphatic heterocycles. The van der Waals surface area contributed by atoms with Crippen molar-refractivity contribution in [3.8, 4) is 6.07 Å². The largest absolute Gasteiger partial charge is 0.497 e. The first kappa shape index (κ1) is 16.0. The lowest BCUT2D eigenvalue weighted by Crippen LogP contribution is -2.49. The molecule has 0 radical (unpaired) electrons. The van der Waals surface area contributed by atoms with E-state index in [0.717, 1.165) is 51.1 Å². The Balaban J connectivity index is 1.51. The van der Waals surface area contributed by atoms with E-state index in [4.69, 9.17) is 10.00 Å². The van der Waals surface area contributed by atoms with Gasteiger partial charge in [-0.2, -0.15) is 5.26 Å². The van der Waals surface area contributed by atoms with Gasteiger partial charge in [0, 0.05) is 38.8 Å². The fourth-order valence-corrected chi connectivity index (χ4v) is 3.42. The maximum Gasteiger partial charge on any atom is 0.111 e. The van der Waals surface area contributed by atoms with E-state index in [0.29, 0.717) is 12.1 Å². The van der Waals surface area contributed by atoms with Gasteiger partial charge in [0.2, 0.25) is 0 Å². The molecule has 0 bridgehead atoms. The van der Waals surface area contributed by atoms with E-state index in [9.17, 15) is 0 Å². The Bertz CT molecular complexity index is 585. The number of benzene rings is 1. The van der Waals surface area contributed by atoms with Gasteiger partial charge in [-0.15, -0.1) is 0 Å². The third-order valence-electron chi connectivity index (χ3n) is 4.94. The molecule has 23 heavy (non-hydrogen) atoms. The smallest absolute Gasteiger partial charge is 0.111 e. The van der Waals surface area contributed by atoms with Crippen LogP contribution in [-0.2, 0) is 4.74 Å². The Morgan fingerprint density at radius 2 is 2.13 bits per heavy atom. The number of ether oxygens (including phenoxy) is 1. The van der Waals surface area contributed by atoms with Crippen LogP contribution in [-0.4, -0.2) is 48.6 Å². The molecular weight excluding hydrogens is 286 g/mol. The summed E-state index contributed by atoms with van der Waals surface area (Å²) in [7, 11) is 0.